The molecule has 1 amide bonds. The van der Waals surface area contributed by atoms with Crippen molar-refractivity contribution in [3.63, 3.8) is 0 Å². The van der Waals surface area contributed by atoms with Crippen molar-refractivity contribution in [2.75, 3.05) is 6.61 Å². The van der Waals surface area contributed by atoms with E-state index in [2.05, 4.69) is 5.32 Å². The number of carbonyl (C=O) groups excluding carboxylic acids is 2. The maximum absolute atomic E-state index is 12.1. The average Bonchev–Trinajstić information content (AvgIpc) is 2.42. The molecule has 6 heteroatoms. The Bertz CT molecular complexity index is 624. The minimum absolute atomic E-state index is 0.0739. The van der Waals surface area contributed by atoms with E-state index in [4.69, 9.17) is 9.47 Å². The fourth-order valence-electron chi connectivity index (χ4n) is 2.40. The van der Waals surface area contributed by atoms with E-state index in [0.717, 1.165) is 6.42 Å². The highest BCUT2D eigenvalue weighted by Crippen LogP contribution is 2.40. The highest BCUT2D eigenvalue weighted by Gasteiger charge is 2.34. The molecule has 126 valence electrons. The van der Waals surface area contributed by atoms with Crippen LogP contribution >= 0.6 is 0 Å². The zero-order valence-electron chi connectivity index (χ0n) is 13.9. The summed E-state index contributed by atoms with van der Waals surface area (Å²) >= 11 is 0. The van der Waals surface area contributed by atoms with Crippen molar-refractivity contribution in [3.05, 3.63) is 17.7 Å². The quantitative estimate of drug-likeness (QED) is 0.870. The van der Waals surface area contributed by atoms with Gasteiger partial charge in [-0.05, 0) is 27.2 Å². The molecule has 0 saturated carbocycles. The number of ketones is 1. The highest BCUT2D eigenvalue weighted by atomic mass is 16.5. The van der Waals surface area contributed by atoms with Gasteiger partial charge in [0.15, 0.2) is 12.4 Å². The summed E-state index contributed by atoms with van der Waals surface area (Å²) in [5.74, 6) is -0.0429. The fourth-order valence-corrected chi connectivity index (χ4v) is 2.40. The third-order valence-electron chi connectivity index (χ3n) is 3.70. The van der Waals surface area contributed by atoms with Crippen molar-refractivity contribution in [2.24, 2.45) is 0 Å². The molecule has 1 aromatic carbocycles. The van der Waals surface area contributed by atoms with Crippen LogP contribution in [0, 0.1) is 0 Å². The van der Waals surface area contributed by atoms with Crippen LogP contribution in [0.3, 0.4) is 0 Å². The van der Waals surface area contributed by atoms with Crippen LogP contribution in [0.1, 0.15) is 50.9 Å². The molecule has 1 aromatic rings. The third-order valence-corrected chi connectivity index (χ3v) is 3.70. The Morgan fingerprint density at radius 1 is 1.48 bits per heavy atom. The SMILES string of the molecule is CC[C@H](C)NC(=O)COc1cc(O)c2c(c1)OC(C)(C)CC2=O. The minimum Gasteiger partial charge on any atom is -0.507 e. The zero-order valence-corrected chi connectivity index (χ0v) is 13.9. The van der Waals surface area contributed by atoms with Crippen LogP contribution in [0.4, 0.5) is 0 Å². The Hall–Kier alpha value is -2.24. The monoisotopic (exact) mass is 321 g/mol. The lowest BCUT2D eigenvalue weighted by molar-refractivity contribution is -0.123. The van der Waals surface area contributed by atoms with Crippen molar-refractivity contribution >= 4 is 11.7 Å². The number of benzene rings is 1. The van der Waals surface area contributed by atoms with Crippen LogP contribution in [-0.2, 0) is 4.79 Å². The first-order valence-corrected chi connectivity index (χ1v) is 7.73. The Balaban J connectivity index is 2.12. The summed E-state index contributed by atoms with van der Waals surface area (Å²) in [7, 11) is 0. The van der Waals surface area contributed by atoms with E-state index in [1.54, 1.807) is 13.8 Å². The van der Waals surface area contributed by atoms with Crippen molar-refractivity contribution in [1.82, 2.24) is 5.32 Å². The summed E-state index contributed by atoms with van der Waals surface area (Å²) in [6.45, 7) is 7.32. The van der Waals surface area contributed by atoms with Gasteiger partial charge in [-0.25, -0.2) is 0 Å². The summed E-state index contributed by atoms with van der Waals surface area (Å²) in [5, 5.41) is 12.8. The van der Waals surface area contributed by atoms with Gasteiger partial charge >= 0.3 is 0 Å². The van der Waals surface area contributed by atoms with Crippen LogP contribution in [0.5, 0.6) is 17.2 Å². The van der Waals surface area contributed by atoms with Crippen LogP contribution < -0.4 is 14.8 Å². The first kappa shape index (κ1) is 17.1. The maximum Gasteiger partial charge on any atom is 0.258 e. The zero-order chi connectivity index (χ0) is 17.2. The van der Waals surface area contributed by atoms with E-state index in [-0.39, 0.29) is 53.6 Å². The number of ether oxygens (including phenoxy) is 2. The fraction of sp³-hybridized carbons (Fsp3) is 0.529. The second kappa shape index (κ2) is 6.48. The average molecular weight is 321 g/mol. The largest absolute Gasteiger partial charge is 0.507 e. The van der Waals surface area contributed by atoms with Crippen LogP contribution in [0.15, 0.2) is 12.1 Å². The molecule has 0 radical (unpaired) electrons. The number of rotatable bonds is 5. The molecule has 1 aliphatic heterocycles. The van der Waals surface area contributed by atoms with E-state index in [1.165, 1.54) is 12.1 Å². The smallest absolute Gasteiger partial charge is 0.258 e. The Kier molecular flexibility index (Phi) is 4.82. The van der Waals surface area contributed by atoms with Crippen molar-refractivity contribution < 1.29 is 24.2 Å². The molecule has 0 fully saturated rings. The second-order valence-electron chi connectivity index (χ2n) is 6.44. The normalized spacial score (nSPS) is 17.0. The molecule has 1 heterocycles. The molecule has 0 saturated heterocycles. The molecule has 0 aliphatic carbocycles. The van der Waals surface area contributed by atoms with Crippen molar-refractivity contribution in [1.29, 1.82) is 0 Å². The summed E-state index contributed by atoms with van der Waals surface area (Å²) in [6.07, 6.45) is 1.03. The van der Waals surface area contributed by atoms with Gasteiger partial charge in [0, 0.05) is 18.2 Å². The summed E-state index contributed by atoms with van der Waals surface area (Å²) in [4.78, 5) is 23.8. The van der Waals surface area contributed by atoms with Gasteiger partial charge in [-0.15, -0.1) is 0 Å². The summed E-state index contributed by atoms with van der Waals surface area (Å²) < 4.78 is 11.1. The molecule has 23 heavy (non-hydrogen) atoms. The maximum atomic E-state index is 12.1. The number of phenolic OH excluding ortho intramolecular Hbond substituents is 1. The van der Waals surface area contributed by atoms with Crippen molar-refractivity contribution in [3.8, 4) is 17.2 Å². The number of Topliss-reactive ketones (excluding diaryl/α,β-unsaturated/α-hetero) is 1. The van der Waals surface area contributed by atoms with E-state index in [9.17, 15) is 14.7 Å². The molecule has 6 nitrogen and oxygen atoms in total. The molecule has 0 spiro atoms. The van der Waals surface area contributed by atoms with Gasteiger partial charge in [-0.3, -0.25) is 9.59 Å². The Labute approximate surface area is 135 Å². The molecule has 1 aliphatic rings. The lowest BCUT2D eigenvalue weighted by atomic mass is 9.92. The first-order valence-electron chi connectivity index (χ1n) is 7.73. The molecule has 2 rings (SSSR count). The number of phenols is 1. The minimum atomic E-state index is -0.636. The number of carbonyl (C=O) groups is 2. The van der Waals surface area contributed by atoms with Gasteiger partial charge in [0.25, 0.3) is 5.91 Å². The van der Waals surface area contributed by atoms with Crippen LogP contribution in [0.25, 0.3) is 0 Å². The molecule has 2 N–H and O–H groups in total. The number of hydrogen-bond acceptors (Lipinski definition) is 5. The van der Waals surface area contributed by atoms with E-state index in [0.29, 0.717) is 0 Å². The second-order valence-corrected chi connectivity index (χ2v) is 6.44. The van der Waals surface area contributed by atoms with Gasteiger partial charge in [0.1, 0.15) is 28.4 Å². The Morgan fingerprint density at radius 2 is 2.17 bits per heavy atom. The van der Waals surface area contributed by atoms with E-state index < -0.39 is 5.60 Å². The number of hydrogen-bond donors (Lipinski definition) is 2. The van der Waals surface area contributed by atoms with Gasteiger partial charge in [-0.2, -0.15) is 0 Å². The topological polar surface area (TPSA) is 84.9 Å². The molecule has 1 atom stereocenters. The number of nitrogens with one attached hydrogen (secondary N) is 1. The predicted octanol–water partition coefficient (Wildman–Crippen LogP) is 2.43. The van der Waals surface area contributed by atoms with Gasteiger partial charge in [0.05, 0.1) is 6.42 Å². The highest BCUT2D eigenvalue weighted by molar-refractivity contribution is 6.03. The summed E-state index contributed by atoms with van der Waals surface area (Å²) in [5.41, 5.74) is -0.468. The molecule has 0 unspecified atom stereocenters. The number of amides is 1. The lowest BCUT2D eigenvalue weighted by Crippen LogP contribution is -2.36. The molecular weight excluding hydrogens is 298 g/mol. The summed E-state index contributed by atoms with van der Waals surface area (Å²) in [6, 6.07) is 2.93. The lowest BCUT2D eigenvalue weighted by Gasteiger charge is -2.32. The first-order chi connectivity index (χ1) is 10.7. The Morgan fingerprint density at radius 3 is 2.83 bits per heavy atom. The third kappa shape index (κ3) is 4.15. The van der Waals surface area contributed by atoms with Gasteiger partial charge < -0.3 is 19.9 Å². The van der Waals surface area contributed by atoms with Crippen LogP contribution in [-0.4, -0.2) is 35.0 Å². The molecule has 0 aromatic heterocycles. The number of aromatic hydroxyl groups is 1. The number of fused-ring (bicyclic) bond motifs is 1. The van der Waals surface area contributed by atoms with Crippen LogP contribution in [0.2, 0.25) is 0 Å². The van der Waals surface area contributed by atoms with E-state index in [1.807, 2.05) is 13.8 Å². The predicted molar refractivity (Wildman–Crippen MR) is 85.2 cm³/mol. The molecular formula is C17H23NO5. The van der Waals surface area contributed by atoms with E-state index >= 15 is 0 Å². The van der Waals surface area contributed by atoms with Crippen molar-refractivity contribution in [2.45, 2.75) is 52.2 Å². The molecule has 0 bridgehead atoms. The standard InChI is InChI=1S/C17H23NO5/c1-5-10(2)18-15(21)9-22-11-6-12(19)16-13(20)8-17(3,4)23-14(16)7-11/h6-7,10,19H,5,8-9H2,1-4H3,(H,18,21)/t10-/m0/s1. The van der Waals surface area contributed by atoms with Gasteiger partial charge in [0.2, 0.25) is 0 Å². The van der Waals surface area contributed by atoms with Gasteiger partial charge in [-0.1, -0.05) is 6.92 Å².